The van der Waals surface area contributed by atoms with Crippen LogP contribution in [0.2, 0.25) is 0 Å². The molecule has 424 valence electrons. The van der Waals surface area contributed by atoms with Crippen LogP contribution in [0.15, 0.2) is 72.9 Å². The van der Waals surface area contributed by atoms with Crippen LogP contribution >= 0.6 is 7.82 Å². The summed E-state index contributed by atoms with van der Waals surface area (Å²) >= 11 is 0. The van der Waals surface area contributed by atoms with Gasteiger partial charge in [0.25, 0.3) is 0 Å². The quantitative estimate of drug-likeness (QED) is 0.0205. The second-order valence-corrected chi connectivity index (χ2v) is 23.0. The van der Waals surface area contributed by atoms with Gasteiger partial charge in [-0.1, -0.05) is 222 Å². The lowest BCUT2D eigenvalue weighted by atomic mass is 10.0. The first kappa shape index (κ1) is 70.5. The number of amides is 1. The van der Waals surface area contributed by atoms with Gasteiger partial charge < -0.3 is 19.4 Å². The van der Waals surface area contributed by atoms with E-state index in [9.17, 15) is 19.0 Å². The molecule has 0 aromatic rings. The number of rotatable bonds is 54. The third kappa shape index (κ3) is 54.1. The summed E-state index contributed by atoms with van der Waals surface area (Å²) in [5, 5.41) is 3.04. The number of carbonyl (C=O) groups is 2. The number of ether oxygens (including phenoxy) is 1. The average Bonchev–Trinajstić information content (AvgIpc) is 3.35. The van der Waals surface area contributed by atoms with Gasteiger partial charge in [0.2, 0.25) is 5.91 Å². The van der Waals surface area contributed by atoms with Crippen molar-refractivity contribution in [1.82, 2.24) is 5.32 Å². The fourth-order valence-electron chi connectivity index (χ4n) is 8.39. The summed E-state index contributed by atoms with van der Waals surface area (Å²) in [5.74, 6) is -0.550. The van der Waals surface area contributed by atoms with Crippen LogP contribution in [0.1, 0.15) is 265 Å². The van der Waals surface area contributed by atoms with Crippen LogP contribution in [0.5, 0.6) is 0 Å². The first-order chi connectivity index (χ1) is 35.4. The minimum atomic E-state index is -4.46. The molecule has 0 aliphatic carbocycles. The number of unbranched alkanes of at least 4 members (excludes halogenated alkanes) is 28. The van der Waals surface area contributed by atoms with Crippen molar-refractivity contribution in [3.63, 3.8) is 0 Å². The summed E-state index contributed by atoms with van der Waals surface area (Å²) < 4.78 is 30.6. The molecule has 0 bridgehead atoms. The highest BCUT2D eigenvalue weighted by atomic mass is 31.2. The lowest BCUT2D eigenvalue weighted by molar-refractivity contribution is -0.870. The number of quaternary nitrogens is 1. The van der Waals surface area contributed by atoms with Gasteiger partial charge in [0.15, 0.2) is 0 Å². The minimum absolute atomic E-state index is 0.0312. The van der Waals surface area contributed by atoms with E-state index in [0.717, 1.165) is 96.3 Å². The van der Waals surface area contributed by atoms with Crippen LogP contribution in [0, 0.1) is 0 Å². The number of phosphoric acid groups is 1. The Morgan fingerprint density at radius 2 is 0.836 bits per heavy atom. The van der Waals surface area contributed by atoms with Crippen molar-refractivity contribution >= 4 is 19.7 Å². The second kappa shape index (κ2) is 52.9. The minimum Gasteiger partial charge on any atom is -0.456 e. The van der Waals surface area contributed by atoms with Crippen molar-refractivity contribution in [3.05, 3.63) is 72.9 Å². The van der Waals surface area contributed by atoms with Crippen LogP contribution in [-0.4, -0.2) is 74.3 Å². The SMILES string of the molecule is CCCCC/C=C\C/C=C\C/C=C\C/C=C\CCCCCC(=O)OC(/C=C/CCCCCCCCCCCC)C(COP(=O)(O)OCC[N+](C)(C)C)NC(=O)CCCCCCC/C=C/CCCCCCCCC. The largest absolute Gasteiger partial charge is 0.472 e. The number of nitrogens with one attached hydrogen (secondary N) is 1. The highest BCUT2D eigenvalue weighted by Crippen LogP contribution is 2.43. The predicted octanol–water partition coefficient (Wildman–Crippen LogP) is 18.4. The first-order valence-corrected chi connectivity index (χ1v) is 31.8. The van der Waals surface area contributed by atoms with E-state index in [-0.39, 0.29) is 31.5 Å². The fraction of sp³-hybridized carbons (Fsp3) is 0.778. The molecule has 0 aromatic carbocycles. The molecule has 2 N–H and O–H groups in total. The van der Waals surface area contributed by atoms with Gasteiger partial charge in [-0.2, -0.15) is 0 Å². The van der Waals surface area contributed by atoms with E-state index in [1.165, 1.54) is 128 Å². The van der Waals surface area contributed by atoms with Crippen LogP contribution < -0.4 is 5.32 Å². The summed E-state index contributed by atoms with van der Waals surface area (Å²) in [7, 11) is 1.47. The Labute approximate surface area is 451 Å². The van der Waals surface area contributed by atoms with Crippen molar-refractivity contribution in [3.8, 4) is 0 Å². The molecule has 0 fully saturated rings. The van der Waals surface area contributed by atoms with Gasteiger partial charge in [-0.05, 0) is 102 Å². The van der Waals surface area contributed by atoms with E-state index >= 15 is 0 Å². The zero-order valence-electron chi connectivity index (χ0n) is 48.4. The smallest absolute Gasteiger partial charge is 0.456 e. The zero-order chi connectivity index (χ0) is 53.6. The third-order valence-corrected chi connectivity index (χ3v) is 14.1. The van der Waals surface area contributed by atoms with Gasteiger partial charge in [0.05, 0.1) is 33.8 Å². The number of phosphoric ester groups is 1. The molecule has 0 rings (SSSR count). The summed E-state index contributed by atoms with van der Waals surface area (Å²) in [6.45, 7) is 6.95. The Bertz CT molecular complexity index is 1480. The molecule has 0 aliphatic rings. The zero-order valence-corrected chi connectivity index (χ0v) is 49.3. The molecular weight excluding hydrogens is 928 g/mol. The van der Waals surface area contributed by atoms with Crippen LogP contribution in [0.25, 0.3) is 0 Å². The molecule has 0 spiro atoms. The molecule has 3 unspecified atom stereocenters. The summed E-state index contributed by atoms with van der Waals surface area (Å²) in [4.78, 5) is 37.6. The van der Waals surface area contributed by atoms with Crippen molar-refractivity contribution in [2.45, 2.75) is 277 Å². The molecular formula is C63H116N2O7P+. The van der Waals surface area contributed by atoms with Crippen molar-refractivity contribution in [1.29, 1.82) is 0 Å². The van der Waals surface area contributed by atoms with Crippen LogP contribution in [0.4, 0.5) is 0 Å². The lowest BCUT2D eigenvalue weighted by Gasteiger charge is -2.27. The van der Waals surface area contributed by atoms with Crippen molar-refractivity contribution in [2.75, 3.05) is 40.9 Å². The Morgan fingerprint density at radius 1 is 0.479 bits per heavy atom. The van der Waals surface area contributed by atoms with E-state index in [2.05, 4.69) is 86.8 Å². The van der Waals surface area contributed by atoms with Crippen molar-refractivity contribution in [2.24, 2.45) is 0 Å². The molecule has 0 aliphatic heterocycles. The van der Waals surface area contributed by atoms with Gasteiger partial charge in [0.1, 0.15) is 19.3 Å². The number of hydrogen-bond acceptors (Lipinski definition) is 6. The molecule has 0 aromatic heterocycles. The molecule has 1 amide bonds. The maximum Gasteiger partial charge on any atom is 0.472 e. The number of likely N-dealkylation sites (N-methyl/N-ethyl adjacent to an activating group) is 1. The Morgan fingerprint density at radius 3 is 1.30 bits per heavy atom. The van der Waals surface area contributed by atoms with E-state index in [4.69, 9.17) is 13.8 Å². The Hall–Kier alpha value is -2.55. The number of hydrogen-bond donors (Lipinski definition) is 2. The fourth-order valence-corrected chi connectivity index (χ4v) is 9.12. The highest BCUT2D eigenvalue weighted by molar-refractivity contribution is 7.47. The number of carbonyl (C=O) groups excluding carboxylic acids is 2. The maximum absolute atomic E-state index is 13.5. The topological polar surface area (TPSA) is 111 Å². The summed E-state index contributed by atoms with van der Waals surface area (Å²) in [5.41, 5.74) is 0. The Kier molecular flexibility index (Phi) is 51.0. The van der Waals surface area contributed by atoms with Gasteiger partial charge in [-0.25, -0.2) is 4.57 Å². The molecule has 73 heavy (non-hydrogen) atoms. The first-order valence-electron chi connectivity index (χ1n) is 30.3. The molecule has 10 heteroatoms. The predicted molar refractivity (Wildman–Crippen MR) is 314 cm³/mol. The van der Waals surface area contributed by atoms with E-state index < -0.39 is 20.0 Å². The van der Waals surface area contributed by atoms with Crippen molar-refractivity contribution < 1.29 is 37.3 Å². The van der Waals surface area contributed by atoms with Gasteiger partial charge >= 0.3 is 13.8 Å². The molecule has 0 heterocycles. The molecule has 0 saturated carbocycles. The van der Waals surface area contributed by atoms with E-state index in [1.54, 1.807) is 0 Å². The van der Waals surface area contributed by atoms with Crippen LogP contribution in [0.3, 0.4) is 0 Å². The molecule has 3 atom stereocenters. The monoisotopic (exact) mass is 1040 g/mol. The van der Waals surface area contributed by atoms with Gasteiger partial charge in [0, 0.05) is 12.8 Å². The van der Waals surface area contributed by atoms with Gasteiger partial charge in [-0.15, -0.1) is 0 Å². The molecule has 9 nitrogen and oxygen atoms in total. The summed E-state index contributed by atoms with van der Waals surface area (Å²) in [6, 6.07) is -0.867. The maximum atomic E-state index is 13.5. The third-order valence-electron chi connectivity index (χ3n) is 13.1. The molecule has 0 radical (unpaired) electrons. The lowest BCUT2D eigenvalue weighted by Crippen LogP contribution is -2.47. The second-order valence-electron chi connectivity index (χ2n) is 21.5. The normalized spacial score (nSPS) is 14.2. The highest BCUT2D eigenvalue weighted by Gasteiger charge is 2.30. The standard InChI is InChI=1S/C63H115N2O7P/c1-7-10-13-16-19-22-25-28-30-32-33-34-36-38-41-44-47-50-53-56-63(67)72-61(54-51-48-45-42-39-27-24-21-18-15-12-9-3)60(59-71-73(68,69)70-58-57-65(4,5)6)64-62(66)55-52-49-46-43-40-37-35-31-29-26-23-20-17-14-11-8-2/h19,22,28,30-31,33-35,38,41,51,54,60-61H,7-18,20-21,23-27,29,32,36-37,39-40,42-50,52-53,55-59H2,1-6H3,(H-,64,66,68,69)/p+1/b22-19-,30-28-,34-33-,35-31+,41-38-,54-51+. The molecule has 0 saturated heterocycles. The summed E-state index contributed by atoms with van der Waals surface area (Å²) in [6.07, 6.45) is 67.5. The average molecular weight is 1040 g/mol. The number of nitrogens with zero attached hydrogens (tertiary/aromatic N) is 1. The number of esters is 1. The van der Waals surface area contributed by atoms with E-state index in [1.807, 2.05) is 33.3 Å². The van der Waals surface area contributed by atoms with E-state index in [0.29, 0.717) is 23.9 Å². The Balaban J connectivity index is 5.37. The van der Waals surface area contributed by atoms with Gasteiger partial charge in [-0.3, -0.25) is 18.6 Å². The number of allylic oxidation sites excluding steroid dienone is 11. The van der Waals surface area contributed by atoms with Crippen LogP contribution in [-0.2, 0) is 27.9 Å².